The Morgan fingerprint density at radius 2 is 2.12 bits per heavy atom. The van der Waals surface area contributed by atoms with Gasteiger partial charge in [-0.25, -0.2) is 0 Å². The first-order chi connectivity index (χ1) is 7.47. The molecule has 1 N–H and O–H groups in total. The maximum Gasteiger partial charge on any atom is 0.0855 e. The van der Waals surface area contributed by atoms with Gasteiger partial charge in [-0.2, -0.15) is 5.10 Å². The maximum absolute atomic E-state index is 9.42. The van der Waals surface area contributed by atoms with Crippen molar-refractivity contribution in [3.8, 4) is 0 Å². The number of aliphatic hydroxyl groups excluding tert-OH is 1. The van der Waals surface area contributed by atoms with Crippen molar-refractivity contribution < 1.29 is 5.11 Å². The first kappa shape index (κ1) is 13.9. The fourth-order valence-electron chi connectivity index (χ4n) is 1.36. The van der Waals surface area contributed by atoms with E-state index >= 15 is 0 Å². The summed E-state index contributed by atoms with van der Waals surface area (Å²) >= 11 is 7.90. The predicted molar refractivity (Wildman–Crippen MR) is 70.1 cm³/mol. The van der Waals surface area contributed by atoms with Gasteiger partial charge in [0.15, 0.2) is 0 Å². The molecule has 1 heterocycles. The highest BCUT2D eigenvalue weighted by atomic mass is 35.5. The molecule has 2 unspecified atom stereocenters. The molecule has 0 aliphatic heterocycles. The molecule has 1 aromatic rings. The number of nitrogens with zero attached hydrogens (tertiary/aromatic N) is 2. The second-order valence-corrected chi connectivity index (χ2v) is 5.66. The number of aliphatic hydroxyl groups is 1. The van der Waals surface area contributed by atoms with Gasteiger partial charge >= 0.3 is 0 Å². The number of thioether (sulfide) groups is 1. The molecule has 3 nitrogen and oxygen atoms in total. The summed E-state index contributed by atoms with van der Waals surface area (Å²) in [6.07, 6.45) is -0.303. The van der Waals surface area contributed by atoms with Crippen LogP contribution in [0, 0.1) is 6.92 Å². The molecule has 0 bridgehead atoms. The van der Waals surface area contributed by atoms with Crippen molar-refractivity contribution in [1.29, 1.82) is 0 Å². The van der Waals surface area contributed by atoms with Crippen molar-refractivity contribution in [3.63, 3.8) is 0 Å². The molecule has 0 aliphatic carbocycles. The van der Waals surface area contributed by atoms with Gasteiger partial charge in [0.25, 0.3) is 0 Å². The molecule has 0 aliphatic rings. The highest BCUT2D eigenvalue weighted by Gasteiger charge is 2.15. The van der Waals surface area contributed by atoms with Crippen molar-refractivity contribution in [2.75, 3.05) is 0 Å². The third-order valence-electron chi connectivity index (χ3n) is 2.62. The number of rotatable bonds is 5. The number of hydrogen-bond donors (Lipinski definition) is 1. The highest BCUT2D eigenvalue weighted by Crippen LogP contribution is 2.27. The monoisotopic (exact) mass is 262 g/mol. The van der Waals surface area contributed by atoms with E-state index < -0.39 is 0 Å². The lowest BCUT2D eigenvalue weighted by Crippen LogP contribution is -2.15. The normalized spacial score (nSPS) is 15.1. The van der Waals surface area contributed by atoms with E-state index in [2.05, 4.69) is 12.0 Å². The zero-order valence-corrected chi connectivity index (χ0v) is 11.8. The van der Waals surface area contributed by atoms with E-state index in [0.29, 0.717) is 0 Å². The van der Waals surface area contributed by atoms with Crippen LogP contribution in [0.1, 0.15) is 32.2 Å². The summed E-state index contributed by atoms with van der Waals surface area (Å²) in [5.74, 6) is 0.791. The van der Waals surface area contributed by atoms with Gasteiger partial charge in [0, 0.05) is 17.5 Å². The minimum absolute atomic E-state index is 0.205. The first-order valence-corrected chi connectivity index (χ1v) is 6.91. The third kappa shape index (κ3) is 3.15. The average Bonchev–Trinajstić information content (AvgIpc) is 2.51. The SMILES string of the molecule is CCn1nc(C)c(Cl)c1CSC(C)C(C)O. The molecule has 1 aromatic heterocycles. The predicted octanol–water partition coefficient (Wildman–Crippen LogP) is 2.87. The minimum atomic E-state index is -0.303. The van der Waals surface area contributed by atoms with Gasteiger partial charge in [0.05, 0.1) is 22.5 Å². The Kier molecular flexibility index (Phi) is 5.15. The van der Waals surface area contributed by atoms with Gasteiger partial charge in [-0.1, -0.05) is 18.5 Å². The molecule has 0 radical (unpaired) electrons. The molecule has 0 spiro atoms. The molecule has 16 heavy (non-hydrogen) atoms. The Bertz CT molecular complexity index is 352. The molecular formula is C11H19ClN2OS. The summed E-state index contributed by atoms with van der Waals surface area (Å²) in [4.78, 5) is 0. The smallest absolute Gasteiger partial charge is 0.0855 e. The first-order valence-electron chi connectivity index (χ1n) is 5.48. The summed E-state index contributed by atoms with van der Waals surface area (Å²) in [6.45, 7) is 8.62. The summed E-state index contributed by atoms with van der Waals surface area (Å²) in [5, 5.41) is 14.7. The minimum Gasteiger partial charge on any atom is -0.392 e. The molecule has 1 rings (SSSR count). The van der Waals surface area contributed by atoms with Crippen LogP contribution in [0.4, 0.5) is 0 Å². The van der Waals surface area contributed by atoms with E-state index in [1.807, 2.05) is 25.5 Å². The van der Waals surface area contributed by atoms with E-state index in [1.165, 1.54) is 0 Å². The van der Waals surface area contributed by atoms with Crippen LogP contribution in [-0.4, -0.2) is 26.2 Å². The largest absolute Gasteiger partial charge is 0.392 e. The van der Waals surface area contributed by atoms with Crippen LogP contribution in [0.25, 0.3) is 0 Å². The van der Waals surface area contributed by atoms with Crippen molar-refractivity contribution >= 4 is 23.4 Å². The Balaban J connectivity index is 2.73. The second-order valence-electron chi connectivity index (χ2n) is 3.92. The highest BCUT2D eigenvalue weighted by molar-refractivity contribution is 7.99. The Hall–Kier alpha value is -0.190. The third-order valence-corrected chi connectivity index (χ3v) is 4.47. The zero-order chi connectivity index (χ0) is 12.3. The van der Waals surface area contributed by atoms with Crippen LogP contribution in [0.15, 0.2) is 0 Å². The van der Waals surface area contributed by atoms with Gasteiger partial charge in [-0.05, 0) is 20.8 Å². The Morgan fingerprint density at radius 3 is 2.62 bits per heavy atom. The van der Waals surface area contributed by atoms with Crippen LogP contribution in [0.3, 0.4) is 0 Å². The van der Waals surface area contributed by atoms with Crippen LogP contribution in [0.5, 0.6) is 0 Å². The Morgan fingerprint density at radius 1 is 1.50 bits per heavy atom. The molecule has 92 valence electrons. The van der Waals surface area contributed by atoms with Crippen LogP contribution < -0.4 is 0 Å². The lowest BCUT2D eigenvalue weighted by Gasteiger charge is -2.14. The summed E-state index contributed by atoms with van der Waals surface area (Å²) in [7, 11) is 0. The van der Waals surface area contributed by atoms with E-state index in [4.69, 9.17) is 11.6 Å². The van der Waals surface area contributed by atoms with Crippen molar-refractivity contribution in [2.24, 2.45) is 0 Å². The van der Waals surface area contributed by atoms with E-state index in [1.54, 1.807) is 11.8 Å². The standard InChI is InChI=1S/C11H19ClN2OS/c1-5-14-10(11(12)7(2)13-14)6-16-9(4)8(3)15/h8-9,15H,5-6H2,1-4H3. The molecule has 0 fully saturated rings. The summed E-state index contributed by atoms with van der Waals surface area (Å²) in [5.41, 5.74) is 1.93. The molecular weight excluding hydrogens is 244 g/mol. The van der Waals surface area contributed by atoms with Gasteiger partial charge in [-0.3, -0.25) is 4.68 Å². The number of aryl methyl sites for hydroxylation is 2. The van der Waals surface area contributed by atoms with Crippen molar-refractivity contribution in [1.82, 2.24) is 9.78 Å². The van der Waals surface area contributed by atoms with Crippen LogP contribution >= 0.6 is 23.4 Å². The molecule has 0 saturated heterocycles. The van der Waals surface area contributed by atoms with Gasteiger partial charge in [-0.15, -0.1) is 11.8 Å². The zero-order valence-electron chi connectivity index (χ0n) is 10.2. The van der Waals surface area contributed by atoms with Crippen molar-refractivity contribution in [2.45, 2.75) is 51.3 Å². The van der Waals surface area contributed by atoms with E-state index in [-0.39, 0.29) is 11.4 Å². The topological polar surface area (TPSA) is 38.0 Å². The molecule has 0 aromatic carbocycles. The van der Waals surface area contributed by atoms with Gasteiger partial charge in [0.1, 0.15) is 0 Å². The molecule has 0 saturated carbocycles. The van der Waals surface area contributed by atoms with Crippen molar-refractivity contribution in [3.05, 3.63) is 16.4 Å². The lowest BCUT2D eigenvalue weighted by atomic mass is 10.3. The summed E-state index contributed by atoms with van der Waals surface area (Å²) < 4.78 is 1.93. The number of hydrogen-bond acceptors (Lipinski definition) is 3. The fourth-order valence-corrected chi connectivity index (χ4v) is 2.63. The Labute approximate surface area is 106 Å². The van der Waals surface area contributed by atoms with Gasteiger partial charge in [0.2, 0.25) is 0 Å². The number of halogens is 1. The van der Waals surface area contributed by atoms with E-state index in [9.17, 15) is 5.11 Å². The molecule has 5 heteroatoms. The van der Waals surface area contributed by atoms with Crippen LogP contribution in [0.2, 0.25) is 5.02 Å². The number of aromatic nitrogens is 2. The van der Waals surface area contributed by atoms with E-state index in [0.717, 1.165) is 28.7 Å². The quantitative estimate of drug-likeness (QED) is 0.887. The summed E-state index contributed by atoms with van der Waals surface area (Å²) in [6, 6.07) is 0. The molecule has 0 amide bonds. The molecule has 2 atom stereocenters. The maximum atomic E-state index is 9.42. The second kappa shape index (κ2) is 5.94. The average molecular weight is 263 g/mol. The van der Waals surface area contributed by atoms with Crippen LogP contribution in [-0.2, 0) is 12.3 Å². The fraction of sp³-hybridized carbons (Fsp3) is 0.727. The van der Waals surface area contributed by atoms with Gasteiger partial charge < -0.3 is 5.11 Å². The lowest BCUT2D eigenvalue weighted by molar-refractivity contribution is 0.196.